The van der Waals surface area contributed by atoms with E-state index in [0.29, 0.717) is 15.6 Å². The van der Waals surface area contributed by atoms with Gasteiger partial charge in [0.15, 0.2) is 0 Å². The summed E-state index contributed by atoms with van der Waals surface area (Å²) < 4.78 is 0. The maximum Gasteiger partial charge on any atom is 0.275 e. The number of pyridine rings is 1. The molecule has 3 heterocycles. The molecule has 0 unspecified atom stereocenters. The third-order valence-corrected chi connectivity index (χ3v) is 8.01. The number of amides is 1. The zero-order chi connectivity index (χ0) is 21.2. The summed E-state index contributed by atoms with van der Waals surface area (Å²) in [5.41, 5.74) is 11.7. The van der Waals surface area contributed by atoms with E-state index in [0.717, 1.165) is 48.2 Å². The Morgan fingerprint density at radius 1 is 1.03 bits per heavy atom. The Bertz CT molecular complexity index is 1360. The van der Waals surface area contributed by atoms with Crippen LogP contribution in [-0.2, 0) is 0 Å². The van der Waals surface area contributed by atoms with Gasteiger partial charge < -0.3 is 5.73 Å². The van der Waals surface area contributed by atoms with Crippen molar-refractivity contribution in [2.45, 2.75) is 30.6 Å². The summed E-state index contributed by atoms with van der Waals surface area (Å²) in [7, 11) is 0. The number of aromatic nitrogens is 1. The number of anilines is 3. The summed E-state index contributed by atoms with van der Waals surface area (Å²) in [5, 5.41) is 1.46. The molecule has 2 aromatic heterocycles. The van der Waals surface area contributed by atoms with Crippen molar-refractivity contribution in [1.29, 1.82) is 0 Å². The van der Waals surface area contributed by atoms with Crippen LogP contribution in [0, 0.1) is 20.8 Å². The predicted molar refractivity (Wildman–Crippen MR) is 127 cm³/mol. The Morgan fingerprint density at radius 2 is 1.77 bits per heavy atom. The lowest BCUT2D eigenvalue weighted by Gasteiger charge is -2.31. The minimum absolute atomic E-state index is 0.165. The van der Waals surface area contributed by atoms with E-state index in [9.17, 15) is 4.79 Å². The van der Waals surface area contributed by atoms with Crippen molar-refractivity contribution < 1.29 is 4.79 Å². The van der Waals surface area contributed by atoms with Gasteiger partial charge in [0.05, 0.1) is 17.1 Å². The first-order chi connectivity index (χ1) is 14.4. The Kier molecular flexibility index (Phi) is 4.54. The average molecular weight is 452 g/mol. The van der Waals surface area contributed by atoms with E-state index in [1.165, 1.54) is 11.3 Å². The van der Waals surface area contributed by atoms with Crippen molar-refractivity contribution in [3.63, 3.8) is 0 Å². The molecule has 150 valence electrons. The van der Waals surface area contributed by atoms with Crippen molar-refractivity contribution in [3.8, 4) is 0 Å². The zero-order valence-electron chi connectivity index (χ0n) is 16.6. The Balaban J connectivity index is 1.74. The number of hydrogen-bond donors (Lipinski definition) is 1. The highest BCUT2D eigenvalue weighted by Crippen LogP contribution is 2.50. The fraction of sp³-hybridized carbons (Fsp3) is 0.130. The fourth-order valence-corrected chi connectivity index (χ4v) is 6.11. The van der Waals surface area contributed by atoms with E-state index in [4.69, 9.17) is 22.3 Å². The lowest BCUT2D eigenvalue weighted by atomic mass is 10.1. The Hall–Kier alpha value is -2.54. The first-order valence-electron chi connectivity index (χ1n) is 9.43. The van der Waals surface area contributed by atoms with Crippen LogP contribution in [0.5, 0.6) is 0 Å². The smallest absolute Gasteiger partial charge is 0.275 e. The van der Waals surface area contributed by atoms with Crippen molar-refractivity contribution >= 4 is 67.9 Å². The topological polar surface area (TPSA) is 59.2 Å². The molecule has 0 spiro atoms. The van der Waals surface area contributed by atoms with Gasteiger partial charge in [-0.2, -0.15) is 0 Å². The van der Waals surface area contributed by atoms with Gasteiger partial charge in [-0.15, -0.1) is 11.3 Å². The molecule has 4 nitrogen and oxygen atoms in total. The van der Waals surface area contributed by atoms with E-state index < -0.39 is 0 Å². The van der Waals surface area contributed by atoms with Gasteiger partial charge in [-0.05, 0) is 62.2 Å². The van der Waals surface area contributed by atoms with Crippen LogP contribution in [0.25, 0.3) is 10.2 Å². The number of benzene rings is 2. The monoisotopic (exact) mass is 451 g/mol. The first-order valence-corrected chi connectivity index (χ1v) is 11.4. The van der Waals surface area contributed by atoms with Crippen molar-refractivity contribution in [2.24, 2.45) is 0 Å². The van der Waals surface area contributed by atoms with E-state index in [1.807, 2.05) is 63.2 Å². The van der Waals surface area contributed by atoms with Crippen LogP contribution in [0.2, 0.25) is 5.02 Å². The van der Waals surface area contributed by atoms with E-state index in [1.54, 1.807) is 16.7 Å². The molecule has 0 aliphatic carbocycles. The predicted octanol–water partition coefficient (Wildman–Crippen LogP) is 6.90. The largest absolute Gasteiger partial charge is 0.397 e. The maximum atomic E-state index is 13.9. The first kappa shape index (κ1) is 19.4. The molecule has 0 saturated carbocycles. The number of rotatable bonds is 1. The molecule has 4 aromatic rings. The van der Waals surface area contributed by atoms with Gasteiger partial charge in [0.25, 0.3) is 5.91 Å². The number of para-hydroxylation sites is 1. The number of nitrogens with two attached hydrogens (primary N) is 1. The van der Waals surface area contributed by atoms with Crippen molar-refractivity contribution in [1.82, 2.24) is 4.98 Å². The van der Waals surface area contributed by atoms with E-state index in [2.05, 4.69) is 0 Å². The molecule has 0 fully saturated rings. The summed E-state index contributed by atoms with van der Waals surface area (Å²) in [4.78, 5) is 23.6. The summed E-state index contributed by atoms with van der Waals surface area (Å²) in [5.74, 6) is -0.165. The highest BCUT2D eigenvalue weighted by molar-refractivity contribution is 7.99. The van der Waals surface area contributed by atoms with Crippen LogP contribution < -0.4 is 10.6 Å². The third-order valence-electron chi connectivity index (χ3n) is 5.56. The van der Waals surface area contributed by atoms with Crippen LogP contribution >= 0.6 is 34.7 Å². The zero-order valence-corrected chi connectivity index (χ0v) is 19.0. The van der Waals surface area contributed by atoms with Crippen LogP contribution in [0.1, 0.15) is 26.5 Å². The second kappa shape index (κ2) is 7.01. The molecule has 0 atom stereocenters. The number of aryl methyl sites for hydroxylation is 2. The number of fused-ring (bicyclic) bond motifs is 3. The van der Waals surface area contributed by atoms with Gasteiger partial charge >= 0.3 is 0 Å². The number of nitrogen functional groups attached to an aromatic ring is 1. The fourth-order valence-electron chi connectivity index (χ4n) is 3.77. The quantitative estimate of drug-likeness (QED) is 0.342. The van der Waals surface area contributed by atoms with Gasteiger partial charge in [0.2, 0.25) is 0 Å². The van der Waals surface area contributed by atoms with Crippen LogP contribution in [-0.4, -0.2) is 10.9 Å². The average Bonchev–Trinajstić information content (AvgIpc) is 3.06. The molecule has 7 heteroatoms. The number of hydrogen-bond acceptors (Lipinski definition) is 5. The maximum absolute atomic E-state index is 13.9. The number of carbonyl (C=O) groups is 1. The highest BCUT2D eigenvalue weighted by atomic mass is 35.5. The minimum Gasteiger partial charge on any atom is -0.397 e. The van der Waals surface area contributed by atoms with Crippen LogP contribution in [0.3, 0.4) is 0 Å². The minimum atomic E-state index is -0.165. The van der Waals surface area contributed by atoms with Crippen LogP contribution in [0.15, 0.2) is 52.3 Å². The molecular weight excluding hydrogens is 434 g/mol. The normalized spacial score (nSPS) is 12.7. The van der Waals surface area contributed by atoms with Gasteiger partial charge in [-0.1, -0.05) is 35.5 Å². The Labute approximate surface area is 187 Å². The highest BCUT2D eigenvalue weighted by Gasteiger charge is 2.32. The van der Waals surface area contributed by atoms with Crippen LogP contribution in [0.4, 0.5) is 17.1 Å². The van der Waals surface area contributed by atoms with Crippen molar-refractivity contribution in [2.75, 3.05) is 10.6 Å². The number of halogens is 1. The molecule has 1 aliphatic heterocycles. The molecule has 0 bridgehead atoms. The number of carbonyl (C=O) groups excluding carboxylic acids is 1. The van der Waals surface area contributed by atoms with Gasteiger partial charge in [-0.25, -0.2) is 4.98 Å². The molecule has 2 aromatic carbocycles. The summed E-state index contributed by atoms with van der Waals surface area (Å²) >= 11 is 9.27. The van der Waals surface area contributed by atoms with Crippen molar-refractivity contribution in [3.05, 3.63) is 69.2 Å². The number of nitrogens with zero attached hydrogens (tertiary/aromatic N) is 2. The summed E-state index contributed by atoms with van der Waals surface area (Å²) in [6.45, 7) is 6.05. The molecule has 1 amide bonds. The lowest BCUT2D eigenvalue weighted by molar-refractivity contribution is 0.100. The SMILES string of the molecule is Cc1nc2sc(C(=O)N3c4ccccc4Sc4ccc(Cl)cc43)c(N)c2c(C)c1C. The molecular formula is C23H18ClN3OS2. The molecule has 30 heavy (non-hydrogen) atoms. The van der Waals surface area contributed by atoms with E-state index >= 15 is 0 Å². The van der Waals surface area contributed by atoms with Gasteiger partial charge in [0, 0.05) is 25.9 Å². The summed E-state index contributed by atoms with van der Waals surface area (Å²) in [6, 6.07) is 13.5. The van der Waals surface area contributed by atoms with Gasteiger partial charge in [0.1, 0.15) is 9.71 Å². The Morgan fingerprint density at radius 3 is 2.57 bits per heavy atom. The number of thiophene rings is 1. The molecule has 2 N–H and O–H groups in total. The molecule has 0 saturated heterocycles. The molecule has 1 aliphatic rings. The lowest BCUT2D eigenvalue weighted by Crippen LogP contribution is -2.28. The second-order valence-corrected chi connectivity index (χ2v) is 9.81. The second-order valence-electron chi connectivity index (χ2n) is 7.29. The summed E-state index contributed by atoms with van der Waals surface area (Å²) in [6.07, 6.45) is 0. The third kappa shape index (κ3) is 2.82. The van der Waals surface area contributed by atoms with Gasteiger partial charge in [-0.3, -0.25) is 9.69 Å². The molecule has 5 rings (SSSR count). The standard InChI is InChI=1S/C23H18ClN3OS2/c1-11-12(2)19-20(25)21(30-22(19)26-13(11)3)23(28)27-15-6-4-5-7-17(15)29-18-9-8-14(24)10-16(18)27/h4-10H,25H2,1-3H3. The molecule has 0 radical (unpaired) electrons. The van der Waals surface area contributed by atoms with E-state index in [-0.39, 0.29) is 5.91 Å².